The fourth-order valence-corrected chi connectivity index (χ4v) is 1.80. The average molecular weight is 256 g/mol. The van der Waals surface area contributed by atoms with Gasteiger partial charge in [-0.15, -0.1) is 0 Å². The van der Waals surface area contributed by atoms with Crippen LogP contribution in [0.5, 0.6) is 5.75 Å². The van der Waals surface area contributed by atoms with Crippen LogP contribution in [-0.2, 0) is 6.54 Å². The third-order valence-electron chi connectivity index (χ3n) is 2.73. The first-order valence-electron chi connectivity index (χ1n) is 5.56. The molecule has 1 amide bonds. The van der Waals surface area contributed by atoms with Gasteiger partial charge in [-0.05, 0) is 53.3 Å². The first kappa shape index (κ1) is 13.8. The van der Waals surface area contributed by atoms with Crippen LogP contribution in [0.1, 0.15) is 36.5 Å². The van der Waals surface area contributed by atoms with Crippen molar-refractivity contribution in [2.45, 2.75) is 33.2 Å². The highest BCUT2D eigenvalue weighted by molar-refractivity contribution is 6.62. The van der Waals surface area contributed by atoms with Crippen LogP contribution < -0.4 is 10.1 Å². The SMILES string of the molecule is COc1cc(C)c(CNC(=O)Cl)cc1C(C)C. The number of nitrogens with one attached hydrogen (secondary N) is 1. The van der Waals surface area contributed by atoms with E-state index in [1.165, 1.54) is 0 Å². The summed E-state index contributed by atoms with van der Waals surface area (Å²) in [5, 5.41) is 2.06. The standard InChI is InChI=1S/C13H18ClNO2/c1-8(2)11-6-10(7-15-13(14)16)9(3)5-12(11)17-4/h5-6,8H,7H2,1-4H3,(H,15,16). The molecular formula is C13H18ClNO2. The molecule has 0 bridgehead atoms. The van der Waals surface area contributed by atoms with E-state index in [-0.39, 0.29) is 0 Å². The number of carbonyl (C=O) groups is 1. The molecule has 0 heterocycles. The predicted molar refractivity (Wildman–Crippen MR) is 69.9 cm³/mol. The first-order valence-corrected chi connectivity index (χ1v) is 5.94. The van der Waals surface area contributed by atoms with Crippen LogP contribution in [0.4, 0.5) is 4.79 Å². The zero-order chi connectivity index (χ0) is 13.0. The van der Waals surface area contributed by atoms with Crippen molar-refractivity contribution < 1.29 is 9.53 Å². The van der Waals surface area contributed by atoms with E-state index in [2.05, 4.69) is 25.2 Å². The van der Waals surface area contributed by atoms with Crippen molar-refractivity contribution in [1.82, 2.24) is 5.32 Å². The van der Waals surface area contributed by atoms with Gasteiger partial charge < -0.3 is 10.1 Å². The number of amides is 1. The van der Waals surface area contributed by atoms with E-state index >= 15 is 0 Å². The maximum Gasteiger partial charge on any atom is 0.314 e. The minimum absolute atomic E-state index is 0.371. The molecule has 1 rings (SSSR count). The van der Waals surface area contributed by atoms with Crippen molar-refractivity contribution in [3.63, 3.8) is 0 Å². The molecule has 1 N–H and O–H groups in total. The maximum atomic E-state index is 10.7. The number of methoxy groups -OCH3 is 1. The van der Waals surface area contributed by atoms with Crippen molar-refractivity contribution in [3.05, 3.63) is 28.8 Å². The quantitative estimate of drug-likeness (QED) is 0.660. The summed E-state index contributed by atoms with van der Waals surface area (Å²) in [6, 6.07) is 4.05. The smallest absolute Gasteiger partial charge is 0.314 e. The summed E-state index contributed by atoms with van der Waals surface area (Å²) in [6.45, 7) is 6.65. The highest BCUT2D eigenvalue weighted by Gasteiger charge is 2.11. The van der Waals surface area contributed by atoms with Crippen LogP contribution in [0.3, 0.4) is 0 Å². The van der Waals surface area contributed by atoms with Gasteiger partial charge >= 0.3 is 5.37 Å². The van der Waals surface area contributed by atoms with Gasteiger partial charge in [-0.1, -0.05) is 13.8 Å². The van der Waals surface area contributed by atoms with Gasteiger partial charge in [-0.2, -0.15) is 0 Å². The van der Waals surface area contributed by atoms with Crippen LogP contribution in [0.25, 0.3) is 0 Å². The Morgan fingerprint density at radius 3 is 2.59 bits per heavy atom. The van der Waals surface area contributed by atoms with Crippen LogP contribution in [0, 0.1) is 6.92 Å². The van der Waals surface area contributed by atoms with Gasteiger partial charge in [0.15, 0.2) is 0 Å². The van der Waals surface area contributed by atoms with Gasteiger partial charge in [-0.3, -0.25) is 4.79 Å². The van der Waals surface area contributed by atoms with Crippen LogP contribution in [0.15, 0.2) is 12.1 Å². The lowest BCUT2D eigenvalue weighted by atomic mass is 9.96. The van der Waals surface area contributed by atoms with E-state index in [4.69, 9.17) is 16.3 Å². The van der Waals surface area contributed by atoms with Crippen molar-refractivity contribution >= 4 is 17.0 Å². The van der Waals surface area contributed by atoms with Gasteiger partial charge in [-0.25, -0.2) is 0 Å². The van der Waals surface area contributed by atoms with E-state index in [1.807, 2.05) is 13.0 Å². The third kappa shape index (κ3) is 3.63. The summed E-state index contributed by atoms with van der Waals surface area (Å²) in [6.07, 6.45) is 0. The van der Waals surface area contributed by atoms with Crippen molar-refractivity contribution in [1.29, 1.82) is 0 Å². The van der Waals surface area contributed by atoms with E-state index in [9.17, 15) is 4.79 Å². The maximum absolute atomic E-state index is 10.7. The monoisotopic (exact) mass is 255 g/mol. The molecule has 0 saturated heterocycles. The molecule has 1 aromatic rings. The molecular weight excluding hydrogens is 238 g/mol. The summed E-state index contributed by atoms with van der Waals surface area (Å²) in [7, 11) is 1.67. The summed E-state index contributed by atoms with van der Waals surface area (Å²) in [4.78, 5) is 10.7. The summed E-state index contributed by atoms with van der Waals surface area (Å²) >= 11 is 5.27. The van der Waals surface area contributed by atoms with Gasteiger partial charge in [0, 0.05) is 6.54 Å². The lowest BCUT2D eigenvalue weighted by Crippen LogP contribution is -2.16. The topological polar surface area (TPSA) is 38.3 Å². The molecule has 0 spiro atoms. The van der Waals surface area contributed by atoms with Gasteiger partial charge in [0.1, 0.15) is 5.75 Å². The second-order valence-electron chi connectivity index (χ2n) is 4.30. The van der Waals surface area contributed by atoms with Crippen LogP contribution in [0.2, 0.25) is 0 Å². The van der Waals surface area contributed by atoms with Crippen LogP contribution in [-0.4, -0.2) is 12.5 Å². The molecule has 0 radical (unpaired) electrons. The summed E-state index contributed by atoms with van der Waals surface area (Å²) in [5.74, 6) is 1.26. The Bertz CT molecular complexity index is 416. The molecule has 0 aliphatic carbocycles. The van der Waals surface area contributed by atoms with E-state index in [0.29, 0.717) is 12.5 Å². The van der Waals surface area contributed by atoms with Crippen molar-refractivity contribution in [3.8, 4) is 5.75 Å². The second-order valence-corrected chi connectivity index (χ2v) is 4.65. The number of hydrogen-bond acceptors (Lipinski definition) is 2. The Hall–Kier alpha value is -1.22. The molecule has 0 atom stereocenters. The fourth-order valence-electron chi connectivity index (χ4n) is 1.73. The Kier molecular flexibility index (Phi) is 4.82. The number of halogens is 1. The number of rotatable bonds is 4. The minimum atomic E-state index is -0.536. The van der Waals surface area contributed by atoms with E-state index in [1.54, 1.807) is 7.11 Å². The lowest BCUT2D eigenvalue weighted by molar-refractivity contribution is 0.259. The summed E-state index contributed by atoms with van der Waals surface area (Å²) in [5.41, 5.74) is 3.28. The highest BCUT2D eigenvalue weighted by Crippen LogP contribution is 2.29. The minimum Gasteiger partial charge on any atom is -0.496 e. The highest BCUT2D eigenvalue weighted by atomic mass is 35.5. The molecule has 3 nitrogen and oxygen atoms in total. The second kappa shape index (κ2) is 5.92. The van der Waals surface area contributed by atoms with Gasteiger partial charge in [0.05, 0.1) is 7.11 Å². The normalized spacial score (nSPS) is 10.5. The van der Waals surface area contributed by atoms with Crippen molar-refractivity contribution in [2.75, 3.05) is 7.11 Å². The molecule has 17 heavy (non-hydrogen) atoms. The molecule has 94 valence electrons. The molecule has 4 heteroatoms. The number of ether oxygens (including phenoxy) is 1. The fraction of sp³-hybridized carbons (Fsp3) is 0.462. The first-order chi connectivity index (χ1) is 7.95. The molecule has 0 aliphatic heterocycles. The zero-order valence-corrected chi connectivity index (χ0v) is 11.4. The lowest BCUT2D eigenvalue weighted by Gasteiger charge is -2.16. The molecule has 0 aliphatic rings. The molecule has 1 aromatic carbocycles. The molecule has 0 fully saturated rings. The molecule has 0 unspecified atom stereocenters. The Labute approximate surface area is 107 Å². The van der Waals surface area contributed by atoms with Crippen molar-refractivity contribution in [2.24, 2.45) is 0 Å². The summed E-state index contributed by atoms with van der Waals surface area (Å²) < 4.78 is 5.35. The van der Waals surface area contributed by atoms with Gasteiger partial charge in [0.25, 0.3) is 0 Å². The Balaban J connectivity index is 3.06. The van der Waals surface area contributed by atoms with E-state index in [0.717, 1.165) is 22.4 Å². The predicted octanol–water partition coefficient (Wildman–Crippen LogP) is 3.58. The van der Waals surface area contributed by atoms with Gasteiger partial charge in [0.2, 0.25) is 0 Å². The Morgan fingerprint density at radius 2 is 2.12 bits per heavy atom. The number of benzene rings is 1. The molecule has 0 aromatic heterocycles. The van der Waals surface area contributed by atoms with E-state index < -0.39 is 5.37 Å². The van der Waals surface area contributed by atoms with Crippen LogP contribution >= 0.6 is 11.6 Å². The average Bonchev–Trinajstić information content (AvgIpc) is 2.26. The number of carbonyl (C=O) groups excluding carboxylic acids is 1. The molecule has 0 saturated carbocycles. The zero-order valence-electron chi connectivity index (χ0n) is 10.6. The number of aryl methyl sites for hydroxylation is 1. The largest absolute Gasteiger partial charge is 0.496 e. The number of hydrogen-bond donors (Lipinski definition) is 1. The third-order valence-corrected chi connectivity index (χ3v) is 2.86. The Morgan fingerprint density at radius 1 is 1.47 bits per heavy atom.